The number of likely N-dealkylation sites (N-methyl/N-ethyl adjacent to an activating group) is 1. The highest BCUT2D eigenvalue weighted by molar-refractivity contribution is 5.77. The Bertz CT molecular complexity index is 428. The molecule has 112 valence electrons. The van der Waals surface area contributed by atoms with Crippen LogP contribution in [0.2, 0.25) is 0 Å². The predicted octanol–water partition coefficient (Wildman–Crippen LogP) is 2.60. The summed E-state index contributed by atoms with van der Waals surface area (Å²) in [6.07, 6.45) is 0.969. The Morgan fingerprint density at radius 1 is 1.35 bits per heavy atom. The van der Waals surface area contributed by atoms with Crippen molar-refractivity contribution in [3.8, 4) is 5.75 Å². The summed E-state index contributed by atoms with van der Waals surface area (Å²) in [4.78, 5) is 13.7. The molecule has 0 bridgehead atoms. The van der Waals surface area contributed by atoms with E-state index in [-0.39, 0.29) is 24.6 Å². The van der Waals surface area contributed by atoms with Gasteiger partial charge in [-0.1, -0.05) is 25.1 Å². The lowest BCUT2D eigenvalue weighted by Crippen LogP contribution is -2.36. The molecule has 1 aromatic carbocycles. The van der Waals surface area contributed by atoms with E-state index in [1.807, 2.05) is 45.2 Å². The van der Waals surface area contributed by atoms with Crippen LogP contribution in [0.5, 0.6) is 5.75 Å². The van der Waals surface area contributed by atoms with Gasteiger partial charge in [-0.25, -0.2) is 0 Å². The highest BCUT2D eigenvalue weighted by Gasteiger charge is 2.16. The van der Waals surface area contributed by atoms with Crippen LogP contribution in [0.15, 0.2) is 24.3 Å². The van der Waals surface area contributed by atoms with E-state index in [1.54, 1.807) is 11.9 Å². The predicted molar refractivity (Wildman–Crippen MR) is 81.9 cm³/mol. The number of amides is 1. The van der Waals surface area contributed by atoms with Crippen molar-refractivity contribution in [2.45, 2.75) is 39.3 Å². The van der Waals surface area contributed by atoms with Gasteiger partial charge in [0.15, 0.2) is 6.61 Å². The number of para-hydroxylation sites is 1. The first-order valence-electron chi connectivity index (χ1n) is 7.15. The van der Waals surface area contributed by atoms with Crippen LogP contribution in [0.25, 0.3) is 0 Å². The molecule has 0 saturated carbocycles. The summed E-state index contributed by atoms with van der Waals surface area (Å²) in [6, 6.07) is 8.29. The Balaban J connectivity index is 2.76. The first-order valence-corrected chi connectivity index (χ1v) is 7.15. The maximum Gasteiger partial charge on any atom is 0.260 e. The van der Waals surface area contributed by atoms with Crippen LogP contribution in [0, 0.1) is 0 Å². The van der Waals surface area contributed by atoms with E-state index in [4.69, 9.17) is 4.74 Å². The van der Waals surface area contributed by atoms with Crippen molar-refractivity contribution < 1.29 is 9.53 Å². The summed E-state index contributed by atoms with van der Waals surface area (Å²) >= 11 is 0. The fraction of sp³-hybridized carbons (Fsp3) is 0.562. The minimum atomic E-state index is -0.00712. The van der Waals surface area contributed by atoms with Crippen molar-refractivity contribution in [2.75, 3.05) is 20.7 Å². The molecule has 4 heteroatoms. The molecule has 1 aromatic rings. The molecule has 0 aliphatic rings. The Labute approximate surface area is 122 Å². The summed E-state index contributed by atoms with van der Waals surface area (Å²) < 4.78 is 5.72. The maximum absolute atomic E-state index is 12.0. The monoisotopic (exact) mass is 278 g/mol. The molecule has 1 rings (SSSR count). The topological polar surface area (TPSA) is 41.6 Å². The number of nitrogens with one attached hydrogen (secondary N) is 1. The summed E-state index contributed by atoms with van der Waals surface area (Å²) in [7, 11) is 3.73. The van der Waals surface area contributed by atoms with Crippen molar-refractivity contribution in [1.82, 2.24) is 10.2 Å². The van der Waals surface area contributed by atoms with Crippen LogP contribution in [0.4, 0.5) is 0 Å². The van der Waals surface area contributed by atoms with Gasteiger partial charge in [0.1, 0.15) is 5.75 Å². The van der Waals surface area contributed by atoms with Crippen LogP contribution < -0.4 is 10.1 Å². The average molecular weight is 278 g/mol. The largest absolute Gasteiger partial charge is 0.483 e. The summed E-state index contributed by atoms with van der Waals surface area (Å²) in [6.45, 7) is 6.17. The van der Waals surface area contributed by atoms with E-state index in [0.29, 0.717) is 0 Å². The quantitative estimate of drug-likeness (QED) is 0.833. The lowest BCUT2D eigenvalue weighted by molar-refractivity contribution is -0.133. The van der Waals surface area contributed by atoms with E-state index >= 15 is 0 Å². The minimum absolute atomic E-state index is 0.00712. The van der Waals surface area contributed by atoms with Gasteiger partial charge in [-0.3, -0.25) is 4.79 Å². The minimum Gasteiger partial charge on any atom is -0.483 e. The van der Waals surface area contributed by atoms with Gasteiger partial charge in [-0.2, -0.15) is 0 Å². The molecule has 0 aliphatic carbocycles. The number of benzene rings is 1. The van der Waals surface area contributed by atoms with Gasteiger partial charge in [0.05, 0.1) is 0 Å². The maximum atomic E-state index is 12.0. The Kier molecular flexibility index (Phi) is 6.52. The van der Waals surface area contributed by atoms with Gasteiger partial charge in [0.2, 0.25) is 0 Å². The zero-order chi connectivity index (χ0) is 15.1. The SMILES string of the molecule is CCC(NC)c1ccccc1OCC(=O)N(C)C(C)C. The molecule has 0 fully saturated rings. The van der Waals surface area contributed by atoms with Gasteiger partial charge >= 0.3 is 0 Å². The van der Waals surface area contributed by atoms with E-state index in [1.165, 1.54) is 0 Å². The summed E-state index contributed by atoms with van der Waals surface area (Å²) in [5.74, 6) is 0.770. The molecule has 0 spiro atoms. The van der Waals surface area contributed by atoms with Crippen LogP contribution in [0.1, 0.15) is 38.8 Å². The number of rotatable bonds is 7. The smallest absolute Gasteiger partial charge is 0.260 e. The van der Waals surface area contributed by atoms with E-state index < -0.39 is 0 Å². The average Bonchev–Trinajstić information content (AvgIpc) is 2.46. The lowest BCUT2D eigenvalue weighted by atomic mass is 10.0. The zero-order valence-corrected chi connectivity index (χ0v) is 13.1. The number of carbonyl (C=O) groups excluding carboxylic acids is 1. The van der Waals surface area contributed by atoms with Gasteiger partial charge in [-0.15, -0.1) is 0 Å². The van der Waals surface area contributed by atoms with Gasteiger partial charge in [-0.05, 0) is 33.4 Å². The molecular formula is C16H26N2O2. The second kappa shape index (κ2) is 7.90. The molecule has 0 aliphatic heterocycles. The summed E-state index contributed by atoms with van der Waals surface area (Å²) in [5, 5.41) is 3.26. The van der Waals surface area contributed by atoms with E-state index in [9.17, 15) is 4.79 Å². The van der Waals surface area contributed by atoms with E-state index in [0.717, 1.165) is 17.7 Å². The first-order chi connectivity index (χ1) is 9.51. The standard InChI is InChI=1S/C16H26N2O2/c1-6-14(17-4)13-9-7-8-10-15(13)20-11-16(19)18(5)12(2)3/h7-10,12,14,17H,6,11H2,1-5H3. The fourth-order valence-corrected chi connectivity index (χ4v) is 2.01. The molecule has 1 unspecified atom stereocenters. The fourth-order valence-electron chi connectivity index (χ4n) is 2.01. The van der Waals surface area contributed by atoms with Gasteiger partial charge in [0.25, 0.3) is 5.91 Å². The molecule has 0 heterocycles. The molecular weight excluding hydrogens is 252 g/mol. The van der Waals surface area contributed by atoms with Crippen LogP contribution in [-0.4, -0.2) is 37.6 Å². The van der Waals surface area contributed by atoms with Crippen molar-refractivity contribution in [2.24, 2.45) is 0 Å². The van der Waals surface area contributed by atoms with Crippen molar-refractivity contribution in [3.63, 3.8) is 0 Å². The van der Waals surface area contributed by atoms with Crippen molar-refractivity contribution in [1.29, 1.82) is 0 Å². The second-order valence-electron chi connectivity index (χ2n) is 5.17. The Morgan fingerprint density at radius 3 is 2.55 bits per heavy atom. The molecule has 1 atom stereocenters. The normalized spacial score (nSPS) is 12.3. The lowest BCUT2D eigenvalue weighted by Gasteiger charge is -2.23. The van der Waals surface area contributed by atoms with Crippen LogP contribution in [0.3, 0.4) is 0 Å². The molecule has 1 N–H and O–H groups in total. The molecule has 4 nitrogen and oxygen atoms in total. The number of ether oxygens (including phenoxy) is 1. The van der Waals surface area contributed by atoms with Crippen molar-refractivity contribution >= 4 is 5.91 Å². The highest BCUT2D eigenvalue weighted by Crippen LogP contribution is 2.26. The molecule has 0 radical (unpaired) electrons. The number of nitrogens with zero attached hydrogens (tertiary/aromatic N) is 1. The van der Waals surface area contributed by atoms with Crippen LogP contribution in [-0.2, 0) is 4.79 Å². The first kappa shape index (κ1) is 16.5. The Hall–Kier alpha value is -1.55. The molecule has 20 heavy (non-hydrogen) atoms. The van der Waals surface area contributed by atoms with Gasteiger partial charge in [0, 0.05) is 24.7 Å². The van der Waals surface area contributed by atoms with Crippen LogP contribution >= 0.6 is 0 Å². The third-order valence-corrected chi connectivity index (χ3v) is 3.57. The zero-order valence-electron chi connectivity index (χ0n) is 13.1. The number of carbonyl (C=O) groups is 1. The highest BCUT2D eigenvalue weighted by atomic mass is 16.5. The second-order valence-corrected chi connectivity index (χ2v) is 5.17. The molecule has 0 saturated heterocycles. The number of hydrogen-bond acceptors (Lipinski definition) is 3. The summed E-state index contributed by atoms with van der Waals surface area (Å²) in [5.41, 5.74) is 1.09. The third kappa shape index (κ3) is 4.23. The van der Waals surface area contributed by atoms with Gasteiger partial charge < -0.3 is 15.0 Å². The van der Waals surface area contributed by atoms with E-state index in [2.05, 4.69) is 12.2 Å². The van der Waals surface area contributed by atoms with Crippen molar-refractivity contribution in [3.05, 3.63) is 29.8 Å². The molecule has 1 amide bonds. The molecule has 0 aromatic heterocycles. The Morgan fingerprint density at radius 2 is 2.00 bits per heavy atom. The third-order valence-electron chi connectivity index (χ3n) is 3.57. The number of hydrogen-bond donors (Lipinski definition) is 1.